The molecule has 0 aliphatic carbocycles. The van der Waals surface area contributed by atoms with Crippen molar-refractivity contribution in [2.75, 3.05) is 13.7 Å². The number of nitro groups is 1. The van der Waals surface area contributed by atoms with Crippen molar-refractivity contribution in [3.8, 4) is 0 Å². The van der Waals surface area contributed by atoms with E-state index in [1.807, 2.05) is 0 Å². The highest BCUT2D eigenvalue weighted by Crippen LogP contribution is 2.12. The highest BCUT2D eigenvalue weighted by molar-refractivity contribution is 5.94. The predicted octanol–water partition coefficient (Wildman–Crippen LogP) is 0.824. The van der Waals surface area contributed by atoms with Gasteiger partial charge < -0.3 is 15.2 Å². The van der Waals surface area contributed by atoms with Gasteiger partial charge in [-0.2, -0.15) is 0 Å². The monoisotopic (exact) mass is 294 g/mol. The molecule has 1 aromatic rings. The van der Waals surface area contributed by atoms with E-state index in [1.54, 1.807) is 0 Å². The quantitative estimate of drug-likeness (QED) is 0.436. The fourth-order valence-electron chi connectivity index (χ4n) is 1.44. The number of hydrogen-bond acceptors (Lipinski definition) is 5. The second kappa shape index (κ2) is 7.75. The van der Waals surface area contributed by atoms with Gasteiger partial charge in [0.1, 0.15) is 0 Å². The van der Waals surface area contributed by atoms with Gasteiger partial charge in [0, 0.05) is 25.3 Å². The first kappa shape index (κ1) is 16.3. The summed E-state index contributed by atoms with van der Waals surface area (Å²) in [5.41, 5.74) is 0.525. The van der Waals surface area contributed by atoms with Gasteiger partial charge in [0.2, 0.25) is 5.91 Å². The van der Waals surface area contributed by atoms with Crippen LogP contribution in [0.2, 0.25) is 0 Å². The van der Waals surface area contributed by atoms with Gasteiger partial charge in [-0.3, -0.25) is 14.9 Å². The Hall–Kier alpha value is -2.74. The number of hydrogen-bond donors (Lipinski definition) is 2. The summed E-state index contributed by atoms with van der Waals surface area (Å²) in [6, 6.07) is 4.44. The molecule has 0 aromatic heterocycles. The molecule has 112 valence electrons. The third-order valence-electron chi connectivity index (χ3n) is 2.48. The molecule has 0 heterocycles. The molecule has 2 N–H and O–H groups in total. The number of non-ortho nitro benzene ring substituents is 1. The van der Waals surface area contributed by atoms with Crippen molar-refractivity contribution in [2.24, 2.45) is 0 Å². The second-order valence-corrected chi connectivity index (χ2v) is 4.04. The zero-order valence-corrected chi connectivity index (χ0v) is 11.2. The smallest absolute Gasteiger partial charge is 0.328 e. The van der Waals surface area contributed by atoms with Crippen LogP contribution in [-0.4, -0.2) is 41.7 Å². The largest absolute Gasteiger partial charge is 0.480 e. The van der Waals surface area contributed by atoms with Gasteiger partial charge in [0.05, 0.1) is 11.5 Å². The number of nitrogens with zero attached hydrogens (tertiary/aromatic N) is 1. The van der Waals surface area contributed by atoms with Crippen LogP contribution in [0, 0.1) is 10.1 Å². The zero-order valence-electron chi connectivity index (χ0n) is 11.2. The lowest BCUT2D eigenvalue weighted by Crippen LogP contribution is -2.43. The molecule has 1 rings (SSSR count). The molecule has 0 fully saturated rings. The molecular formula is C13H14N2O6. The minimum absolute atomic E-state index is 0.0531. The minimum atomic E-state index is -1.20. The van der Waals surface area contributed by atoms with Gasteiger partial charge in [0.25, 0.3) is 5.69 Å². The van der Waals surface area contributed by atoms with E-state index in [9.17, 15) is 19.7 Å². The first-order valence-corrected chi connectivity index (χ1v) is 5.89. The van der Waals surface area contributed by atoms with E-state index in [1.165, 1.54) is 37.5 Å². The fourth-order valence-corrected chi connectivity index (χ4v) is 1.44. The van der Waals surface area contributed by atoms with Crippen molar-refractivity contribution >= 4 is 23.6 Å². The lowest BCUT2D eigenvalue weighted by atomic mass is 10.2. The van der Waals surface area contributed by atoms with Crippen molar-refractivity contribution in [2.45, 2.75) is 6.04 Å². The van der Waals surface area contributed by atoms with Crippen molar-refractivity contribution in [3.05, 3.63) is 46.0 Å². The van der Waals surface area contributed by atoms with Crippen LogP contribution in [0.5, 0.6) is 0 Å². The van der Waals surface area contributed by atoms with Gasteiger partial charge in [0.15, 0.2) is 6.04 Å². The Kier molecular flexibility index (Phi) is 6.02. The summed E-state index contributed by atoms with van der Waals surface area (Å²) in [4.78, 5) is 32.3. The number of carboxylic acid groups (broad SMARTS) is 1. The Morgan fingerprint density at radius 3 is 2.52 bits per heavy atom. The molecule has 1 amide bonds. The van der Waals surface area contributed by atoms with Crippen LogP contribution in [0.4, 0.5) is 5.69 Å². The molecule has 0 spiro atoms. The fraction of sp³-hybridized carbons (Fsp3) is 0.231. The molecule has 1 unspecified atom stereocenters. The summed E-state index contributed by atoms with van der Waals surface area (Å²) in [6.07, 6.45) is 2.57. The standard InChI is InChI=1S/C13H14N2O6/c1-21-8-11(13(17)18)14-12(16)7-4-9-2-5-10(6-3-9)15(19)20/h2-7,11H,8H2,1H3,(H,14,16)(H,17,18)/b7-4+. The highest BCUT2D eigenvalue weighted by atomic mass is 16.6. The van der Waals surface area contributed by atoms with Crippen LogP contribution in [-0.2, 0) is 14.3 Å². The summed E-state index contributed by atoms with van der Waals surface area (Å²) in [5, 5.41) is 21.6. The molecule has 0 saturated heterocycles. The van der Waals surface area contributed by atoms with E-state index < -0.39 is 22.8 Å². The van der Waals surface area contributed by atoms with Crippen LogP contribution < -0.4 is 5.32 Å². The van der Waals surface area contributed by atoms with Crippen molar-refractivity contribution in [1.29, 1.82) is 0 Å². The number of methoxy groups -OCH3 is 1. The lowest BCUT2D eigenvalue weighted by Gasteiger charge is -2.11. The summed E-state index contributed by atoms with van der Waals surface area (Å²) in [5.74, 6) is -1.80. The van der Waals surface area contributed by atoms with E-state index in [2.05, 4.69) is 10.1 Å². The van der Waals surface area contributed by atoms with Crippen LogP contribution >= 0.6 is 0 Å². The number of aliphatic carboxylic acids is 1. The second-order valence-electron chi connectivity index (χ2n) is 4.04. The summed E-state index contributed by atoms with van der Waals surface area (Å²) >= 11 is 0. The van der Waals surface area contributed by atoms with Gasteiger partial charge in [-0.15, -0.1) is 0 Å². The van der Waals surface area contributed by atoms with E-state index in [0.29, 0.717) is 5.56 Å². The van der Waals surface area contributed by atoms with Crippen molar-refractivity contribution in [1.82, 2.24) is 5.32 Å². The van der Waals surface area contributed by atoms with Crippen LogP contribution in [0.15, 0.2) is 30.3 Å². The van der Waals surface area contributed by atoms with Crippen LogP contribution in [0.1, 0.15) is 5.56 Å². The van der Waals surface area contributed by atoms with Gasteiger partial charge in [-0.05, 0) is 23.8 Å². The SMILES string of the molecule is COCC(NC(=O)/C=C/c1ccc([N+](=O)[O-])cc1)C(=O)O. The Bertz CT molecular complexity index is 552. The molecule has 1 atom stereocenters. The Labute approximate surface area is 120 Å². The molecule has 8 nitrogen and oxygen atoms in total. The van der Waals surface area contributed by atoms with E-state index in [-0.39, 0.29) is 12.3 Å². The van der Waals surface area contributed by atoms with Gasteiger partial charge in [-0.1, -0.05) is 0 Å². The zero-order chi connectivity index (χ0) is 15.8. The number of benzene rings is 1. The van der Waals surface area contributed by atoms with E-state index >= 15 is 0 Å². The predicted molar refractivity (Wildman–Crippen MR) is 73.6 cm³/mol. The maximum absolute atomic E-state index is 11.6. The third-order valence-corrected chi connectivity index (χ3v) is 2.48. The molecule has 1 aromatic carbocycles. The molecule has 0 bridgehead atoms. The molecule has 0 radical (unpaired) electrons. The topological polar surface area (TPSA) is 119 Å². The molecule has 8 heteroatoms. The molecule has 0 aliphatic heterocycles. The van der Waals surface area contributed by atoms with Gasteiger partial charge >= 0.3 is 5.97 Å². The molecule has 0 aliphatic rings. The number of ether oxygens (including phenoxy) is 1. The number of nitrogens with one attached hydrogen (secondary N) is 1. The maximum Gasteiger partial charge on any atom is 0.328 e. The molecule has 0 saturated carbocycles. The van der Waals surface area contributed by atoms with Gasteiger partial charge in [-0.25, -0.2) is 4.79 Å². The normalized spacial score (nSPS) is 12.0. The Morgan fingerprint density at radius 1 is 1.43 bits per heavy atom. The number of rotatable bonds is 7. The summed E-state index contributed by atoms with van der Waals surface area (Å²) in [6.45, 7) is -0.146. The minimum Gasteiger partial charge on any atom is -0.480 e. The Balaban J connectivity index is 2.64. The number of carboxylic acids is 1. The van der Waals surface area contributed by atoms with E-state index in [0.717, 1.165) is 6.08 Å². The first-order chi connectivity index (χ1) is 9.93. The lowest BCUT2D eigenvalue weighted by molar-refractivity contribution is -0.384. The average Bonchev–Trinajstić information content (AvgIpc) is 2.45. The number of nitro benzene ring substituents is 1. The highest BCUT2D eigenvalue weighted by Gasteiger charge is 2.18. The number of amides is 1. The number of carbonyl (C=O) groups excluding carboxylic acids is 1. The summed E-state index contributed by atoms with van der Waals surface area (Å²) in [7, 11) is 1.33. The average molecular weight is 294 g/mol. The summed E-state index contributed by atoms with van der Waals surface area (Å²) < 4.78 is 4.68. The maximum atomic E-state index is 11.6. The molecular weight excluding hydrogens is 280 g/mol. The third kappa shape index (κ3) is 5.41. The first-order valence-electron chi connectivity index (χ1n) is 5.89. The Morgan fingerprint density at radius 2 is 2.05 bits per heavy atom. The molecule has 21 heavy (non-hydrogen) atoms. The number of carbonyl (C=O) groups is 2. The van der Waals surface area contributed by atoms with Crippen LogP contribution in [0.3, 0.4) is 0 Å². The van der Waals surface area contributed by atoms with Crippen molar-refractivity contribution in [3.63, 3.8) is 0 Å². The van der Waals surface area contributed by atoms with Crippen LogP contribution in [0.25, 0.3) is 6.08 Å². The van der Waals surface area contributed by atoms with Crippen molar-refractivity contribution < 1.29 is 24.4 Å². The van der Waals surface area contributed by atoms with E-state index in [4.69, 9.17) is 5.11 Å².